The second-order valence-electron chi connectivity index (χ2n) is 2.72. The summed E-state index contributed by atoms with van der Waals surface area (Å²) in [6.07, 6.45) is 2.43. The molecule has 0 aliphatic rings. The monoisotopic (exact) mass is 175 g/mol. The Balaban J connectivity index is 2.20. The molecule has 2 aromatic rings. The molecule has 0 saturated carbocycles. The summed E-state index contributed by atoms with van der Waals surface area (Å²) in [6.45, 7) is 0. The first-order valence-corrected chi connectivity index (χ1v) is 3.97. The lowest BCUT2D eigenvalue weighted by Gasteiger charge is -1.97. The number of hydrogen-bond acceptors (Lipinski definition) is 4. The third-order valence-corrected chi connectivity index (χ3v) is 1.77. The van der Waals surface area contributed by atoms with Crippen molar-refractivity contribution in [2.45, 2.75) is 6.42 Å². The van der Waals surface area contributed by atoms with Crippen molar-refractivity contribution in [1.29, 1.82) is 0 Å². The number of rotatable bonds is 2. The Kier molecular flexibility index (Phi) is 1.99. The van der Waals surface area contributed by atoms with E-state index in [1.165, 1.54) is 0 Å². The Hall–Kier alpha value is -1.78. The molecular weight excluding hydrogens is 166 g/mol. The van der Waals surface area contributed by atoms with E-state index >= 15 is 0 Å². The third kappa shape index (κ3) is 1.69. The van der Waals surface area contributed by atoms with Crippen LogP contribution in [-0.2, 0) is 13.5 Å². The van der Waals surface area contributed by atoms with Crippen molar-refractivity contribution in [2.24, 2.45) is 7.05 Å². The number of tetrazole rings is 1. The van der Waals surface area contributed by atoms with E-state index in [0.29, 0.717) is 6.42 Å². The maximum absolute atomic E-state index is 4.19. The highest BCUT2D eigenvalue weighted by Crippen LogP contribution is 2.00. The summed E-state index contributed by atoms with van der Waals surface area (Å²) in [4.78, 5) is 4.19. The highest BCUT2D eigenvalue weighted by molar-refractivity contribution is 5.08. The van der Waals surface area contributed by atoms with E-state index in [-0.39, 0.29) is 0 Å². The van der Waals surface area contributed by atoms with E-state index in [1.54, 1.807) is 10.9 Å². The van der Waals surface area contributed by atoms with Gasteiger partial charge in [0.15, 0.2) is 5.82 Å². The third-order valence-electron chi connectivity index (χ3n) is 1.77. The summed E-state index contributed by atoms with van der Waals surface area (Å²) in [7, 11) is 1.82. The van der Waals surface area contributed by atoms with Crippen molar-refractivity contribution < 1.29 is 0 Å². The smallest absolute Gasteiger partial charge is 0.156 e. The molecule has 2 heterocycles. The zero-order valence-electron chi connectivity index (χ0n) is 7.25. The van der Waals surface area contributed by atoms with Crippen LogP contribution < -0.4 is 0 Å². The number of aromatic nitrogens is 5. The van der Waals surface area contributed by atoms with Crippen molar-refractivity contribution >= 4 is 0 Å². The van der Waals surface area contributed by atoms with E-state index in [0.717, 1.165) is 11.5 Å². The van der Waals surface area contributed by atoms with E-state index < -0.39 is 0 Å². The number of aryl methyl sites for hydroxylation is 1. The summed E-state index contributed by atoms with van der Waals surface area (Å²) < 4.78 is 1.65. The first kappa shape index (κ1) is 7.85. The minimum absolute atomic E-state index is 0.671. The summed E-state index contributed by atoms with van der Waals surface area (Å²) in [5.41, 5.74) is 0.973. The fraction of sp³-hybridized carbons (Fsp3) is 0.250. The Bertz CT molecular complexity index is 380. The van der Waals surface area contributed by atoms with E-state index in [4.69, 9.17) is 0 Å². The first-order valence-electron chi connectivity index (χ1n) is 3.97. The second-order valence-corrected chi connectivity index (χ2v) is 2.72. The van der Waals surface area contributed by atoms with Crippen molar-refractivity contribution in [2.75, 3.05) is 0 Å². The van der Waals surface area contributed by atoms with Gasteiger partial charge in [0.1, 0.15) is 0 Å². The maximum Gasteiger partial charge on any atom is 0.156 e. The lowest BCUT2D eigenvalue weighted by Crippen LogP contribution is -2.01. The molecule has 0 unspecified atom stereocenters. The molecule has 0 aromatic carbocycles. The van der Waals surface area contributed by atoms with Gasteiger partial charge < -0.3 is 0 Å². The average Bonchev–Trinajstić information content (AvgIpc) is 2.54. The van der Waals surface area contributed by atoms with Crippen LogP contribution in [0.4, 0.5) is 0 Å². The van der Waals surface area contributed by atoms with E-state index in [1.807, 2.05) is 25.2 Å². The van der Waals surface area contributed by atoms with Crippen molar-refractivity contribution in [3.63, 3.8) is 0 Å². The summed E-state index contributed by atoms with van der Waals surface area (Å²) in [5, 5.41) is 11.2. The van der Waals surface area contributed by atoms with Crippen molar-refractivity contribution in [1.82, 2.24) is 25.2 Å². The zero-order valence-corrected chi connectivity index (χ0v) is 7.25. The molecule has 0 amide bonds. The summed E-state index contributed by atoms with van der Waals surface area (Å²) in [5.74, 6) is 0.818. The molecule has 5 nitrogen and oxygen atoms in total. The van der Waals surface area contributed by atoms with Crippen LogP contribution >= 0.6 is 0 Å². The van der Waals surface area contributed by atoms with Gasteiger partial charge in [-0.3, -0.25) is 4.98 Å². The fourth-order valence-corrected chi connectivity index (χ4v) is 1.06. The molecule has 0 aliphatic heterocycles. The number of pyridine rings is 1. The van der Waals surface area contributed by atoms with Crippen LogP contribution in [0.3, 0.4) is 0 Å². The molecule has 0 radical (unpaired) electrons. The van der Waals surface area contributed by atoms with Crippen molar-refractivity contribution in [3.8, 4) is 0 Å². The lowest BCUT2D eigenvalue weighted by molar-refractivity contribution is 0.684. The zero-order chi connectivity index (χ0) is 9.10. The van der Waals surface area contributed by atoms with Crippen LogP contribution in [0.25, 0.3) is 0 Å². The second kappa shape index (κ2) is 3.30. The van der Waals surface area contributed by atoms with Gasteiger partial charge in [0.05, 0.1) is 6.42 Å². The predicted octanol–water partition coefficient (Wildman–Crippen LogP) is 0.196. The Morgan fingerprint density at radius 3 is 2.92 bits per heavy atom. The molecule has 0 fully saturated rings. The maximum atomic E-state index is 4.19. The summed E-state index contributed by atoms with van der Waals surface area (Å²) in [6, 6.07) is 5.79. The molecule has 13 heavy (non-hydrogen) atoms. The highest BCUT2D eigenvalue weighted by Gasteiger charge is 2.03. The van der Waals surface area contributed by atoms with Gasteiger partial charge in [-0.25, -0.2) is 4.68 Å². The molecule has 66 valence electrons. The molecule has 2 rings (SSSR count). The van der Waals surface area contributed by atoms with Gasteiger partial charge >= 0.3 is 0 Å². The number of nitrogens with zero attached hydrogens (tertiary/aromatic N) is 5. The Labute approximate surface area is 75.4 Å². The molecule has 5 heteroatoms. The topological polar surface area (TPSA) is 56.5 Å². The lowest BCUT2D eigenvalue weighted by atomic mass is 10.2. The average molecular weight is 175 g/mol. The van der Waals surface area contributed by atoms with Gasteiger partial charge in [-0.05, 0) is 22.6 Å². The molecule has 2 aromatic heterocycles. The van der Waals surface area contributed by atoms with Gasteiger partial charge in [0.25, 0.3) is 0 Å². The fourth-order valence-electron chi connectivity index (χ4n) is 1.06. The molecule has 0 N–H and O–H groups in total. The van der Waals surface area contributed by atoms with Gasteiger partial charge in [0.2, 0.25) is 0 Å². The van der Waals surface area contributed by atoms with Crippen LogP contribution in [0.1, 0.15) is 11.5 Å². The molecule has 0 bridgehead atoms. The molecule has 0 atom stereocenters. The quantitative estimate of drug-likeness (QED) is 0.654. The number of hydrogen-bond donors (Lipinski definition) is 0. The minimum atomic E-state index is 0.671. The van der Waals surface area contributed by atoms with Crippen LogP contribution in [0.2, 0.25) is 0 Å². The van der Waals surface area contributed by atoms with Crippen LogP contribution in [0.5, 0.6) is 0 Å². The van der Waals surface area contributed by atoms with E-state index in [2.05, 4.69) is 20.5 Å². The molecular formula is C8H9N5. The summed E-state index contributed by atoms with van der Waals surface area (Å²) >= 11 is 0. The van der Waals surface area contributed by atoms with Gasteiger partial charge in [-0.1, -0.05) is 6.07 Å². The predicted molar refractivity (Wildman–Crippen MR) is 45.8 cm³/mol. The Morgan fingerprint density at radius 1 is 1.38 bits per heavy atom. The SMILES string of the molecule is Cn1nnnc1Cc1ccccn1. The Morgan fingerprint density at radius 2 is 2.31 bits per heavy atom. The normalized spacial score (nSPS) is 10.2. The first-order chi connectivity index (χ1) is 6.36. The highest BCUT2D eigenvalue weighted by atomic mass is 15.5. The van der Waals surface area contributed by atoms with Crippen LogP contribution in [0, 0.1) is 0 Å². The minimum Gasteiger partial charge on any atom is -0.261 e. The van der Waals surface area contributed by atoms with Crippen LogP contribution in [-0.4, -0.2) is 25.2 Å². The molecule has 0 spiro atoms. The van der Waals surface area contributed by atoms with Crippen molar-refractivity contribution in [3.05, 3.63) is 35.9 Å². The molecule has 0 saturated heterocycles. The van der Waals surface area contributed by atoms with Gasteiger partial charge in [-0.2, -0.15) is 0 Å². The molecule has 0 aliphatic carbocycles. The van der Waals surface area contributed by atoms with Crippen LogP contribution in [0.15, 0.2) is 24.4 Å². The standard InChI is InChI=1S/C8H9N5/c1-13-8(10-11-12-13)6-7-4-2-3-5-9-7/h2-5H,6H2,1H3. The van der Waals surface area contributed by atoms with Gasteiger partial charge in [-0.15, -0.1) is 5.10 Å². The van der Waals surface area contributed by atoms with Gasteiger partial charge in [0, 0.05) is 18.9 Å². The largest absolute Gasteiger partial charge is 0.261 e. The van der Waals surface area contributed by atoms with E-state index in [9.17, 15) is 0 Å².